The number of nitrogens with two attached hydrogens (primary N) is 1. The van der Waals surface area contributed by atoms with Crippen molar-refractivity contribution in [3.05, 3.63) is 36.4 Å². The molecule has 0 aliphatic heterocycles. The van der Waals surface area contributed by atoms with Gasteiger partial charge in [-0.1, -0.05) is 0 Å². The molecule has 14 heavy (non-hydrogen) atoms. The Kier molecular flexibility index (Phi) is 1.88. The summed E-state index contributed by atoms with van der Waals surface area (Å²) in [6.45, 7) is 0. The maximum Gasteiger partial charge on any atom is 0.138 e. The standard InChI is InChI=1S/C9H7N5/c10-4-7-1-2-8(11)9(3-7)14-6-12-5-13-14/h1-3,5-6H,11H2. The Morgan fingerprint density at radius 1 is 1.43 bits per heavy atom. The molecule has 68 valence electrons. The van der Waals surface area contributed by atoms with Gasteiger partial charge in [-0.3, -0.25) is 0 Å². The third kappa shape index (κ3) is 1.29. The highest BCUT2D eigenvalue weighted by Gasteiger charge is 2.03. The van der Waals surface area contributed by atoms with E-state index < -0.39 is 0 Å². The smallest absolute Gasteiger partial charge is 0.138 e. The van der Waals surface area contributed by atoms with Gasteiger partial charge in [0.05, 0.1) is 23.0 Å². The van der Waals surface area contributed by atoms with Crippen LogP contribution in [0.25, 0.3) is 5.69 Å². The van der Waals surface area contributed by atoms with Crippen LogP contribution in [-0.4, -0.2) is 14.8 Å². The van der Waals surface area contributed by atoms with E-state index in [1.165, 1.54) is 17.3 Å². The number of hydrogen-bond donors (Lipinski definition) is 1. The van der Waals surface area contributed by atoms with Gasteiger partial charge in [0.1, 0.15) is 12.7 Å². The monoisotopic (exact) mass is 185 g/mol. The quantitative estimate of drug-likeness (QED) is 0.664. The first kappa shape index (κ1) is 8.26. The van der Waals surface area contributed by atoms with Gasteiger partial charge in [-0.25, -0.2) is 9.67 Å². The first-order valence-corrected chi connectivity index (χ1v) is 3.96. The molecule has 0 bridgehead atoms. The molecule has 2 rings (SSSR count). The van der Waals surface area contributed by atoms with E-state index in [0.717, 1.165) is 0 Å². The van der Waals surface area contributed by atoms with Crippen LogP contribution in [0.1, 0.15) is 5.56 Å². The fourth-order valence-electron chi connectivity index (χ4n) is 1.14. The maximum atomic E-state index is 8.71. The van der Waals surface area contributed by atoms with Crippen molar-refractivity contribution in [1.29, 1.82) is 5.26 Å². The fourth-order valence-corrected chi connectivity index (χ4v) is 1.14. The summed E-state index contributed by atoms with van der Waals surface area (Å²) >= 11 is 0. The van der Waals surface area contributed by atoms with E-state index in [-0.39, 0.29) is 0 Å². The predicted molar refractivity (Wildman–Crippen MR) is 50.5 cm³/mol. The molecule has 1 aromatic carbocycles. The van der Waals surface area contributed by atoms with Gasteiger partial charge in [0.15, 0.2) is 0 Å². The fraction of sp³-hybridized carbons (Fsp3) is 0. The average molecular weight is 185 g/mol. The second kappa shape index (κ2) is 3.18. The van der Waals surface area contributed by atoms with E-state index in [0.29, 0.717) is 16.9 Å². The van der Waals surface area contributed by atoms with Gasteiger partial charge in [-0.15, -0.1) is 0 Å². The lowest BCUT2D eigenvalue weighted by molar-refractivity contribution is 0.881. The molecule has 0 aliphatic carbocycles. The number of nitrogen functional groups attached to an aromatic ring is 1. The van der Waals surface area contributed by atoms with Gasteiger partial charge in [-0.2, -0.15) is 10.4 Å². The molecule has 0 saturated heterocycles. The normalized spacial score (nSPS) is 9.64. The van der Waals surface area contributed by atoms with E-state index >= 15 is 0 Å². The zero-order valence-electron chi connectivity index (χ0n) is 7.25. The van der Waals surface area contributed by atoms with Crippen LogP contribution in [0.5, 0.6) is 0 Å². The van der Waals surface area contributed by atoms with Gasteiger partial charge < -0.3 is 5.73 Å². The minimum atomic E-state index is 0.546. The Bertz CT molecular complexity index is 480. The summed E-state index contributed by atoms with van der Waals surface area (Å²) in [5, 5.41) is 12.7. The predicted octanol–water partition coefficient (Wildman–Crippen LogP) is 0.721. The third-order valence-corrected chi connectivity index (χ3v) is 1.83. The Balaban J connectivity index is 2.58. The van der Waals surface area contributed by atoms with Crippen molar-refractivity contribution in [2.24, 2.45) is 0 Å². The van der Waals surface area contributed by atoms with Gasteiger partial charge in [0.2, 0.25) is 0 Å². The van der Waals surface area contributed by atoms with Crippen molar-refractivity contribution in [2.45, 2.75) is 0 Å². The minimum absolute atomic E-state index is 0.546. The number of aromatic nitrogens is 3. The van der Waals surface area contributed by atoms with Crippen molar-refractivity contribution < 1.29 is 0 Å². The van der Waals surface area contributed by atoms with Gasteiger partial charge in [-0.05, 0) is 18.2 Å². The van der Waals surface area contributed by atoms with Gasteiger partial charge >= 0.3 is 0 Å². The van der Waals surface area contributed by atoms with E-state index in [1.54, 1.807) is 18.2 Å². The maximum absolute atomic E-state index is 8.71. The Labute approximate surface area is 80.4 Å². The van der Waals surface area contributed by atoms with Gasteiger partial charge in [0.25, 0.3) is 0 Å². The summed E-state index contributed by atoms with van der Waals surface area (Å²) in [7, 11) is 0. The molecule has 1 aromatic heterocycles. The van der Waals surface area contributed by atoms with Crippen LogP contribution < -0.4 is 5.73 Å². The number of anilines is 1. The average Bonchev–Trinajstić information content (AvgIpc) is 2.71. The molecule has 0 radical (unpaired) electrons. The topological polar surface area (TPSA) is 80.5 Å². The molecule has 2 N–H and O–H groups in total. The Hall–Kier alpha value is -2.35. The van der Waals surface area contributed by atoms with Crippen LogP contribution in [0, 0.1) is 11.3 Å². The first-order chi connectivity index (χ1) is 6.81. The van der Waals surface area contributed by atoms with Crippen molar-refractivity contribution in [3.8, 4) is 11.8 Å². The lowest BCUT2D eigenvalue weighted by atomic mass is 10.2. The van der Waals surface area contributed by atoms with E-state index in [4.69, 9.17) is 11.0 Å². The molecule has 0 fully saturated rings. The number of hydrogen-bond acceptors (Lipinski definition) is 4. The lowest BCUT2D eigenvalue weighted by Crippen LogP contribution is -2.00. The second-order valence-electron chi connectivity index (χ2n) is 2.73. The highest BCUT2D eigenvalue weighted by Crippen LogP contribution is 2.16. The van der Waals surface area contributed by atoms with Gasteiger partial charge in [0, 0.05) is 0 Å². The van der Waals surface area contributed by atoms with E-state index in [1.807, 2.05) is 6.07 Å². The Morgan fingerprint density at radius 2 is 2.29 bits per heavy atom. The molecule has 0 spiro atoms. The molecule has 1 heterocycles. The highest BCUT2D eigenvalue weighted by molar-refractivity contribution is 5.60. The van der Waals surface area contributed by atoms with Crippen molar-refractivity contribution in [3.63, 3.8) is 0 Å². The molecule has 5 nitrogen and oxygen atoms in total. The van der Waals surface area contributed by atoms with Crippen LogP contribution in [0.15, 0.2) is 30.9 Å². The number of benzene rings is 1. The van der Waals surface area contributed by atoms with Crippen LogP contribution in [0.3, 0.4) is 0 Å². The molecule has 0 saturated carbocycles. The zero-order chi connectivity index (χ0) is 9.97. The molecule has 0 aliphatic rings. The summed E-state index contributed by atoms with van der Waals surface area (Å²) in [6, 6.07) is 7.05. The third-order valence-electron chi connectivity index (χ3n) is 1.83. The van der Waals surface area contributed by atoms with Crippen LogP contribution in [0.2, 0.25) is 0 Å². The molecule has 2 aromatic rings. The molecule has 5 heteroatoms. The summed E-state index contributed by atoms with van der Waals surface area (Å²) in [6.07, 6.45) is 2.95. The second-order valence-corrected chi connectivity index (χ2v) is 2.73. The SMILES string of the molecule is N#Cc1ccc(N)c(-n2cncn2)c1. The lowest BCUT2D eigenvalue weighted by Gasteiger charge is -2.04. The van der Waals surface area contributed by atoms with E-state index in [2.05, 4.69) is 10.1 Å². The van der Waals surface area contributed by atoms with Crippen molar-refractivity contribution in [2.75, 3.05) is 5.73 Å². The van der Waals surface area contributed by atoms with E-state index in [9.17, 15) is 0 Å². The molecular weight excluding hydrogens is 178 g/mol. The van der Waals surface area contributed by atoms with Crippen molar-refractivity contribution in [1.82, 2.24) is 14.8 Å². The minimum Gasteiger partial charge on any atom is -0.397 e. The summed E-state index contributed by atoms with van der Waals surface area (Å²) in [5.41, 5.74) is 7.52. The summed E-state index contributed by atoms with van der Waals surface area (Å²) in [4.78, 5) is 3.81. The summed E-state index contributed by atoms with van der Waals surface area (Å²) in [5.74, 6) is 0. The molecule has 0 atom stereocenters. The number of rotatable bonds is 1. The number of nitrogens with zero attached hydrogens (tertiary/aromatic N) is 4. The summed E-state index contributed by atoms with van der Waals surface area (Å²) < 4.78 is 1.52. The molecular formula is C9H7N5. The van der Waals surface area contributed by atoms with Crippen LogP contribution in [0.4, 0.5) is 5.69 Å². The molecule has 0 unspecified atom stereocenters. The zero-order valence-corrected chi connectivity index (χ0v) is 7.25. The first-order valence-electron chi connectivity index (χ1n) is 3.96. The Morgan fingerprint density at radius 3 is 2.93 bits per heavy atom. The van der Waals surface area contributed by atoms with Crippen LogP contribution in [-0.2, 0) is 0 Å². The largest absolute Gasteiger partial charge is 0.397 e. The van der Waals surface area contributed by atoms with Crippen molar-refractivity contribution >= 4 is 5.69 Å². The molecule has 0 amide bonds. The van der Waals surface area contributed by atoms with Crippen LogP contribution >= 0.6 is 0 Å². The highest BCUT2D eigenvalue weighted by atomic mass is 15.3. The number of nitriles is 1.